The number of azo groups is 1. The number of ether oxygens (including phenoxy) is 1. The number of fused-ring (bicyclic) bond motifs is 1. The van der Waals surface area contributed by atoms with E-state index in [1.54, 1.807) is 62.4 Å². The second-order valence-corrected chi connectivity index (χ2v) is 10.4. The van der Waals surface area contributed by atoms with Gasteiger partial charge in [0.1, 0.15) is 10.6 Å². The van der Waals surface area contributed by atoms with Crippen molar-refractivity contribution < 1.29 is 57.2 Å². The zero-order valence-electron chi connectivity index (χ0n) is 21.7. The Morgan fingerprint density at radius 3 is 2.38 bits per heavy atom. The van der Waals surface area contributed by atoms with Crippen LogP contribution in [0.4, 0.5) is 17.1 Å². The van der Waals surface area contributed by atoms with Crippen molar-refractivity contribution in [3.63, 3.8) is 0 Å². The van der Waals surface area contributed by atoms with Crippen molar-refractivity contribution >= 4 is 67.1 Å². The summed E-state index contributed by atoms with van der Waals surface area (Å²) >= 11 is 12.3. The van der Waals surface area contributed by atoms with E-state index in [9.17, 15) is 22.9 Å². The summed E-state index contributed by atoms with van der Waals surface area (Å²) in [4.78, 5) is 12.7. The number of amides is 1. The molecule has 4 rings (SSSR count). The van der Waals surface area contributed by atoms with Crippen molar-refractivity contribution in [1.82, 2.24) is 0 Å². The maximum atomic E-state index is 13.6. The number of benzene rings is 4. The van der Waals surface area contributed by atoms with Gasteiger partial charge in [0.05, 0.1) is 28.0 Å². The Morgan fingerprint density at radius 1 is 1.00 bits per heavy atom. The van der Waals surface area contributed by atoms with Gasteiger partial charge in [-0.15, -0.1) is 5.11 Å². The molecular formula is C27H22Cl2N3NaO6S. The fourth-order valence-corrected chi connectivity index (χ4v) is 5.40. The van der Waals surface area contributed by atoms with E-state index in [0.29, 0.717) is 29.4 Å². The number of carbonyl (C=O) groups is 1. The van der Waals surface area contributed by atoms with Crippen molar-refractivity contribution in [1.29, 1.82) is 0 Å². The second kappa shape index (κ2) is 13.3. The number of carbonyl (C=O) groups excluding carboxylic acids is 1. The molecule has 13 heteroatoms. The van der Waals surface area contributed by atoms with E-state index in [-0.39, 0.29) is 68.0 Å². The predicted molar refractivity (Wildman–Crippen MR) is 149 cm³/mol. The maximum absolute atomic E-state index is 13.6. The molecule has 9 nitrogen and oxygen atoms in total. The van der Waals surface area contributed by atoms with Gasteiger partial charge in [0, 0.05) is 10.9 Å². The van der Waals surface area contributed by atoms with Crippen molar-refractivity contribution in [3.05, 3.63) is 81.8 Å². The van der Waals surface area contributed by atoms with E-state index in [2.05, 4.69) is 15.5 Å². The van der Waals surface area contributed by atoms with E-state index >= 15 is 0 Å². The number of nitrogens with zero attached hydrogens (tertiary/aromatic N) is 2. The quantitative estimate of drug-likeness (QED) is 0.175. The van der Waals surface area contributed by atoms with E-state index < -0.39 is 26.7 Å². The van der Waals surface area contributed by atoms with Gasteiger partial charge in [0.2, 0.25) is 0 Å². The van der Waals surface area contributed by atoms with Crippen LogP contribution in [0.15, 0.2) is 75.8 Å². The largest absolute Gasteiger partial charge is 1.00 e. The normalized spacial score (nSPS) is 11.4. The molecule has 0 aliphatic rings. The molecule has 0 unspecified atom stereocenters. The average Bonchev–Trinajstić information content (AvgIpc) is 2.89. The van der Waals surface area contributed by atoms with Gasteiger partial charge < -0.3 is 15.2 Å². The molecule has 0 radical (unpaired) electrons. The van der Waals surface area contributed by atoms with Crippen LogP contribution in [0.5, 0.6) is 11.5 Å². The molecule has 4 aromatic rings. The van der Waals surface area contributed by atoms with Crippen LogP contribution in [0.25, 0.3) is 10.8 Å². The molecule has 0 aliphatic carbocycles. The minimum Gasteiger partial charge on any atom is -0.870 e. The Kier molecular flexibility index (Phi) is 10.6. The van der Waals surface area contributed by atoms with Crippen molar-refractivity contribution in [2.45, 2.75) is 25.2 Å². The zero-order valence-corrected chi connectivity index (χ0v) is 26.1. The van der Waals surface area contributed by atoms with Gasteiger partial charge in [-0.1, -0.05) is 72.3 Å². The van der Waals surface area contributed by atoms with Crippen molar-refractivity contribution in [2.24, 2.45) is 10.2 Å². The van der Waals surface area contributed by atoms with Crippen LogP contribution in [-0.2, 0) is 16.5 Å². The minimum absolute atomic E-state index is 0. The average molecular weight is 610 g/mol. The fraction of sp³-hybridized carbons (Fsp3) is 0.148. The first-order chi connectivity index (χ1) is 18.6. The molecule has 0 heterocycles. The Bertz CT molecular complexity index is 1730. The van der Waals surface area contributed by atoms with Crippen LogP contribution in [0.2, 0.25) is 10.0 Å². The van der Waals surface area contributed by atoms with Gasteiger partial charge in [0.15, 0.2) is 5.75 Å². The summed E-state index contributed by atoms with van der Waals surface area (Å²) in [6, 6.07) is 15.8. The number of hydrogen-bond acceptors (Lipinski definition) is 7. The summed E-state index contributed by atoms with van der Waals surface area (Å²) in [6.07, 6.45) is 0.337. The van der Waals surface area contributed by atoms with Crippen molar-refractivity contribution in [2.75, 3.05) is 11.9 Å². The van der Waals surface area contributed by atoms with Gasteiger partial charge >= 0.3 is 29.6 Å². The molecule has 2 N–H and O–H groups in total. The Morgan fingerprint density at radius 2 is 1.70 bits per heavy atom. The van der Waals surface area contributed by atoms with Gasteiger partial charge in [-0.3, -0.25) is 9.35 Å². The molecule has 0 bridgehead atoms. The molecular weight excluding hydrogens is 588 g/mol. The van der Waals surface area contributed by atoms with Gasteiger partial charge in [-0.25, -0.2) is 0 Å². The van der Waals surface area contributed by atoms with Crippen LogP contribution in [0.3, 0.4) is 0 Å². The van der Waals surface area contributed by atoms with E-state index in [1.807, 2.05) is 0 Å². The molecule has 0 aromatic heterocycles. The van der Waals surface area contributed by atoms with Gasteiger partial charge in [-0.05, 0) is 48.6 Å². The van der Waals surface area contributed by atoms with E-state index in [4.69, 9.17) is 27.9 Å². The molecule has 0 atom stereocenters. The minimum atomic E-state index is -4.77. The smallest absolute Gasteiger partial charge is 0.870 e. The number of hydrogen-bond donors (Lipinski definition) is 2. The summed E-state index contributed by atoms with van der Waals surface area (Å²) in [6.45, 7) is 3.82. The third kappa shape index (κ3) is 6.60. The number of rotatable bonds is 8. The molecule has 4 aromatic carbocycles. The third-order valence-corrected chi connectivity index (χ3v) is 7.43. The maximum Gasteiger partial charge on any atom is 1.00 e. The summed E-state index contributed by atoms with van der Waals surface area (Å²) in [7, 11) is -4.77. The molecule has 0 saturated carbocycles. The molecule has 202 valence electrons. The summed E-state index contributed by atoms with van der Waals surface area (Å²) in [5.41, 5.74) is 0.0610. The molecule has 0 fully saturated rings. The van der Waals surface area contributed by atoms with Crippen LogP contribution in [0.1, 0.15) is 29.8 Å². The van der Waals surface area contributed by atoms with Crippen LogP contribution in [-0.4, -0.2) is 25.5 Å². The Labute approximate surface area is 263 Å². The van der Waals surface area contributed by atoms with Gasteiger partial charge in [0.25, 0.3) is 16.0 Å². The van der Waals surface area contributed by atoms with Crippen LogP contribution in [0, 0.1) is 0 Å². The zero-order chi connectivity index (χ0) is 28.3. The third-order valence-electron chi connectivity index (χ3n) is 5.78. The monoisotopic (exact) mass is 609 g/mol. The summed E-state index contributed by atoms with van der Waals surface area (Å²) in [5.74, 6) is -1.22. The SMILES string of the molecule is CCOc1c(Cl)cccc1NC(=O)c1cc2ccccc2c(N=Nc2c(CC)ccc(Cl)c2S(=O)(=O)O)c1[O-].[Na+]. The predicted octanol–water partition coefficient (Wildman–Crippen LogP) is 4.10. The first-order valence-corrected chi connectivity index (χ1v) is 13.9. The van der Waals surface area contributed by atoms with Crippen molar-refractivity contribution in [3.8, 4) is 11.5 Å². The first-order valence-electron chi connectivity index (χ1n) is 11.7. The first kappa shape index (κ1) is 31.8. The molecule has 0 spiro atoms. The topological polar surface area (TPSA) is 140 Å². The van der Waals surface area contributed by atoms with Gasteiger partial charge in [-0.2, -0.15) is 13.5 Å². The molecule has 0 saturated heterocycles. The fourth-order valence-electron chi connectivity index (χ4n) is 3.99. The number of halogens is 2. The summed E-state index contributed by atoms with van der Waals surface area (Å²) in [5, 5.41) is 25.3. The standard InChI is InChI=1S/C27H23Cl2N3O6S.Na/c1-3-15-12-13-20(29)26(39(35,36)37)22(15)31-32-23-17-9-6-5-8-16(17)14-18(24(23)33)27(34)30-21-11-7-10-19(28)25(21)38-4-2;/h5-14,33H,3-4H2,1-2H3,(H,30,34)(H,35,36,37);/q;+1/p-1. The molecule has 40 heavy (non-hydrogen) atoms. The number of aryl methyl sites for hydroxylation is 1. The molecule has 0 aliphatic heterocycles. The number of anilines is 1. The van der Waals surface area contributed by atoms with Crippen LogP contribution >= 0.6 is 23.2 Å². The number of nitrogens with one attached hydrogen (secondary N) is 1. The Balaban J connectivity index is 0.00000441. The van der Waals surface area contributed by atoms with E-state index in [0.717, 1.165) is 0 Å². The number of para-hydroxylation sites is 1. The van der Waals surface area contributed by atoms with Crippen LogP contribution < -0.4 is 44.7 Å². The second-order valence-electron chi connectivity index (χ2n) is 8.24. The summed E-state index contributed by atoms with van der Waals surface area (Å²) < 4.78 is 39.5. The van der Waals surface area contributed by atoms with E-state index in [1.165, 1.54) is 12.1 Å². The Hall–Kier alpha value is -2.70. The molecule has 1 amide bonds.